The van der Waals surface area contributed by atoms with Crippen molar-refractivity contribution >= 4 is 5.91 Å². The maximum absolute atomic E-state index is 13.1. The molecule has 1 aliphatic rings. The predicted octanol–water partition coefficient (Wildman–Crippen LogP) is 4.38. The lowest BCUT2D eigenvalue weighted by atomic mass is 9.94. The fraction of sp³-hybridized carbons (Fsp3) is 0.308. The number of hydrogen-bond donors (Lipinski definition) is 0. The molecular formula is C26H27N5O2. The fourth-order valence-corrected chi connectivity index (χ4v) is 4.46. The summed E-state index contributed by atoms with van der Waals surface area (Å²) < 4.78 is 7.55. The third kappa shape index (κ3) is 4.87. The van der Waals surface area contributed by atoms with Gasteiger partial charge in [-0.2, -0.15) is 4.98 Å². The molecule has 5 rings (SSSR count). The second-order valence-electron chi connectivity index (χ2n) is 8.72. The fourth-order valence-electron chi connectivity index (χ4n) is 4.46. The summed E-state index contributed by atoms with van der Waals surface area (Å²) in [6.45, 7) is 4.28. The molecule has 2 aromatic heterocycles. The number of imidazole rings is 1. The monoisotopic (exact) mass is 441 g/mol. The Morgan fingerprint density at radius 2 is 2.00 bits per heavy atom. The second-order valence-corrected chi connectivity index (χ2v) is 8.72. The number of piperidine rings is 1. The highest BCUT2D eigenvalue weighted by atomic mass is 16.5. The van der Waals surface area contributed by atoms with E-state index in [1.54, 1.807) is 12.5 Å². The summed E-state index contributed by atoms with van der Waals surface area (Å²) in [6, 6.07) is 15.9. The number of carbonyl (C=O) groups is 1. The quantitative estimate of drug-likeness (QED) is 0.444. The van der Waals surface area contributed by atoms with E-state index in [0.717, 1.165) is 48.2 Å². The van der Waals surface area contributed by atoms with Gasteiger partial charge in [0.2, 0.25) is 11.7 Å². The van der Waals surface area contributed by atoms with E-state index in [9.17, 15) is 4.79 Å². The normalized spacial score (nSPS) is 16.2. The zero-order valence-corrected chi connectivity index (χ0v) is 18.7. The number of nitrogens with zero attached hydrogens (tertiary/aromatic N) is 5. The minimum atomic E-state index is 0.0833. The van der Waals surface area contributed by atoms with Crippen LogP contribution < -0.4 is 0 Å². The van der Waals surface area contributed by atoms with E-state index in [0.29, 0.717) is 30.6 Å². The van der Waals surface area contributed by atoms with Gasteiger partial charge in [0.1, 0.15) is 0 Å². The van der Waals surface area contributed by atoms with E-state index in [4.69, 9.17) is 4.52 Å². The first kappa shape index (κ1) is 21.1. The molecular weight excluding hydrogens is 414 g/mol. The third-order valence-corrected chi connectivity index (χ3v) is 6.25. The lowest BCUT2D eigenvalue weighted by Gasteiger charge is -2.32. The van der Waals surface area contributed by atoms with E-state index in [1.807, 2.05) is 71.1 Å². The Labute approximate surface area is 193 Å². The lowest BCUT2D eigenvalue weighted by Crippen LogP contribution is -2.40. The maximum Gasteiger partial charge on any atom is 0.253 e. The van der Waals surface area contributed by atoms with Gasteiger partial charge < -0.3 is 14.0 Å². The van der Waals surface area contributed by atoms with Crippen LogP contribution in [-0.4, -0.2) is 43.6 Å². The summed E-state index contributed by atoms with van der Waals surface area (Å²) in [5.41, 5.74) is 3.98. The van der Waals surface area contributed by atoms with Gasteiger partial charge in [0.25, 0.3) is 5.91 Å². The molecule has 1 amide bonds. The Hall–Kier alpha value is -3.74. The highest BCUT2D eigenvalue weighted by Crippen LogP contribution is 2.24. The molecule has 0 saturated carbocycles. The van der Waals surface area contributed by atoms with E-state index in [1.165, 1.54) is 0 Å². The van der Waals surface area contributed by atoms with Crippen LogP contribution in [0.15, 0.2) is 71.8 Å². The van der Waals surface area contributed by atoms with Crippen LogP contribution >= 0.6 is 0 Å². The predicted molar refractivity (Wildman–Crippen MR) is 125 cm³/mol. The SMILES string of the molecule is Cc1ccccc1-c1noc(CC2CCCN(C(=O)c3ccc(Cn4ccnc4)cc3)C2)n1. The molecule has 2 aromatic carbocycles. The van der Waals surface area contributed by atoms with Gasteiger partial charge in [-0.25, -0.2) is 4.98 Å². The van der Waals surface area contributed by atoms with Crippen molar-refractivity contribution in [1.29, 1.82) is 0 Å². The van der Waals surface area contributed by atoms with E-state index in [-0.39, 0.29) is 5.91 Å². The molecule has 0 N–H and O–H groups in total. The number of amides is 1. The Morgan fingerprint density at radius 3 is 2.79 bits per heavy atom. The smallest absolute Gasteiger partial charge is 0.253 e. The molecule has 1 atom stereocenters. The van der Waals surface area contributed by atoms with Gasteiger partial charge in [-0.15, -0.1) is 0 Å². The van der Waals surface area contributed by atoms with Crippen LogP contribution in [0, 0.1) is 12.8 Å². The summed E-state index contributed by atoms with van der Waals surface area (Å²) >= 11 is 0. The van der Waals surface area contributed by atoms with Crippen molar-refractivity contribution in [2.45, 2.75) is 32.7 Å². The molecule has 0 spiro atoms. The van der Waals surface area contributed by atoms with Crippen LogP contribution in [-0.2, 0) is 13.0 Å². The second kappa shape index (κ2) is 9.40. The van der Waals surface area contributed by atoms with Gasteiger partial charge >= 0.3 is 0 Å². The number of rotatable bonds is 6. The number of carbonyl (C=O) groups excluding carboxylic acids is 1. The van der Waals surface area contributed by atoms with Crippen molar-refractivity contribution in [1.82, 2.24) is 24.6 Å². The van der Waals surface area contributed by atoms with Crippen molar-refractivity contribution in [2.75, 3.05) is 13.1 Å². The molecule has 4 aromatic rings. The largest absolute Gasteiger partial charge is 0.339 e. The zero-order chi connectivity index (χ0) is 22.6. The van der Waals surface area contributed by atoms with Crippen LogP contribution in [0.2, 0.25) is 0 Å². The maximum atomic E-state index is 13.1. The standard InChI is InChI=1S/C26H27N5O2/c1-19-5-2-3-7-23(19)25-28-24(33-29-25)15-21-6-4-13-31(17-21)26(32)22-10-8-20(9-11-22)16-30-14-12-27-18-30/h2-3,5,7-12,14,18,21H,4,6,13,15-17H2,1H3. The molecule has 168 valence electrons. The first-order valence-corrected chi connectivity index (χ1v) is 11.4. The minimum absolute atomic E-state index is 0.0833. The van der Waals surface area contributed by atoms with Crippen LogP contribution in [0.1, 0.15) is 40.2 Å². The third-order valence-electron chi connectivity index (χ3n) is 6.25. The molecule has 1 aliphatic heterocycles. The first-order valence-electron chi connectivity index (χ1n) is 11.4. The van der Waals surface area contributed by atoms with Gasteiger partial charge in [0, 0.05) is 49.6 Å². The topological polar surface area (TPSA) is 77.0 Å². The summed E-state index contributed by atoms with van der Waals surface area (Å²) in [4.78, 5) is 23.8. The van der Waals surface area contributed by atoms with Gasteiger partial charge in [-0.3, -0.25) is 4.79 Å². The molecule has 7 nitrogen and oxygen atoms in total. The van der Waals surface area contributed by atoms with Crippen molar-refractivity contribution in [3.05, 3.63) is 89.8 Å². The molecule has 0 aliphatic carbocycles. The molecule has 33 heavy (non-hydrogen) atoms. The molecule has 1 unspecified atom stereocenters. The van der Waals surface area contributed by atoms with Crippen LogP contribution in [0.3, 0.4) is 0 Å². The summed E-state index contributed by atoms with van der Waals surface area (Å²) in [6.07, 6.45) is 8.21. The Bertz CT molecular complexity index is 1210. The zero-order valence-electron chi connectivity index (χ0n) is 18.7. The molecule has 1 fully saturated rings. The lowest BCUT2D eigenvalue weighted by molar-refractivity contribution is 0.0668. The van der Waals surface area contributed by atoms with Crippen LogP contribution in [0.25, 0.3) is 11.4 Å². The molecule has 7 heteroatoms. The van der Waals surface area contributed by atoms with Gasteiger partial charge in [0.15, 0.2) is 0 Å². The highest BCUT2D eigenvalue weighted by Gasteiger charge is 2.26. The van der Waals surface area contributed by atoms with Gasteiger partial charge in [-0.05, 0) is 48.9 Å². The van der Waals surface area contributed by atoms with E-state index >= 15 is 0 Å². The Kier molecular flexibility index (Phi) is 6.02. The van der Waals surface area contributed by atoms with Crippen molar-refractivity contribution in [3.8, 4) is 11.4 Å². The summed E-state index contributed by atoms with van der Waals surface area (Å²) in [7, 11) is 0. The molecule has 1 saturated heterocycles. The minimum Gasteiger partial charge on any atom is -0.339 e. The summed E-state index contributed by atoms with van der Waals surface area (Å²) in [5, 5.41) is 4.18. The average Bonchev–Trinajstić information content (AvgIpc) is 3.52. The number of likely N-dealkylation sites (tertiary alicyclic amines) is 1. The van der Waals surface area contributed by atoms with Crippen LogP contribution in [0.5, 0.6) is 0 Å². The average molecular weight is 442 g/mol. The van der Waals surface area contributed by atoms with Crippen molar-refractivity contribution in [3.63, 3.8) is 0 Å². The van der Waals surface area contributed by atoms with Crippen molar-refractivity contribution < 1.29 is 9.32 Å². The Balaban J connectivity index is 1.21. The number of aryl methyl sites for hydroxylation is 1. The highest BCUT2D eigenvalue weighted by molar-refractivity contribution is 5.94. The van der Waals surface area contributed by atoms with E-state index in [2.05, 4.69) is 15.1 Å². The Morgan fingerprint density at radius 1 is 1.15 bits per heavy atom. The van der Waals surface area contributed by atoms with Crippen molar-refractivity contribution in [2.24, 2.45) is 5.92 Å². The van der Waals surface area contributed by atoms with Crippen LogP contribution in [0.4, 0.5) is 0 Å². The summed E-state index contributed by atoms with van der Waals surface area (Å²) in [5.74, 6) is 1.66. The van der Waals surface area contributed by atoms with Gasteiger partial charge in [0.05, 0.1) is 6.33 Å². The molecule has 0 radical (unpaired) electrons. The molecule has 3 heterocycles. The van der Waals surface area contributed by atoms with E-state index < -0.39 is 0 Å². The molecule has 0 bridgehead atoms. The number of aromatic nitrogens is 4. The first-order chi connectivity index (χ1) is 16.2. The number of hydrogen-bond acceptors (Lipinski definition) is 5. The number of benzene rings is 2. The van der Waals surface area contributed by atoms with Gasteiger partial charge in [-0.1, -0.05) is 41.6 Å².